The van der Waals surface area contributed by atoms with E-state index in [-0.39, 0.29) is 23.9 Å². The summed E-state index contributed by atoms with van der Waals surface area (Å²) in [4.78, 5) is 36.0. The summed E-state index contributed by atoms with van der Waals surface area (Å²) in [6, 6.07) is -1.01. The Hall–Kier alpha value is -2.62. The second-order valence-corrected chi connectivity index (χ2v) is 6.13. The number of urea groups is 1. The van der Waals surface area contributed by atoms with Crippen LogP contribution in [0.1, 0.15) is 19.8 Å². The monoisotopic (exact) mass is 371 g/mol. The third-order valence-electron chi connectivity index (χ3n) is 4.27. The molecule has 0 aliphatic carbocycles. The van der Waals surface area contributed by atoms with Crippen LogP contribution in [0.25, 0.3) is 0 Å². The molecule has 0 bridgehead atoms. The van der Waals surface area contributed by atoms with Crippen molar-refractivity contribution in [3.05, 3.63) is 34.7 Å². The molecule has 3 rings (SSSR count). The van der Waals surface area contributed by atoms with Crippen molar-refractivity contribution in [3.63, 3.8) is 0 Å². The molecule has 0 aromatic heterocycles. The Morgan fingerprint density at radius 3 is 2.38 bits per heavy atom. The van der Waals surface area contributed by atoms with Gasteiger partial charge < -0.3 is 9.64 Å². The molecule has 3 aliphatic heterocycles. The molecule has 2 fully saturated rings. The number of nitrogens with one attached hydrogen (secondary N) is 2. The summed E-state index contributed by atoms with van der Waals surface area (Å²) in [5.41, 5.74) is -1.52. The summed E-state index contributed by atoms with van der Waals surface area (Å²) < 4.78 is 46.2. The molecule has 0 saturated carbocycles. The Morgan fingerprint density at radius 1 is 1.19 bits per heavy atom. The third-order valence-corrected chi connectivity index (χ3v) is 4.27. The summed E-state index contributed by atoms with van der Waals surface area (Å²) in [5, 5.41) is 3.71. The van der Waals surface area contributed by atoms with E-state index in [2.05, 4.69) is 0 Å². The Kier molecular flexibility index (Phi) is 4.61. The molecule has 2 N–H and O–H groups in total. The van der Waals surface area contributed by atoms with Crippen molar-refractivity contribution in [2.45, 2.75) is 32.0 Å². The van der Waals surface area contributed by atoms with Gasteiger partial charge >= 0.3 is 12.2 Å². The van der Waals surface area contributed by atoms with Crippen LogP contribution in [0.5, 0.6) is 0 Å². The van der Waals surface area contributed by atoms with Gasteiger partial charge in [-0.15, -0.1) is 0 Å². The molecule has 0 radical (unpaired) electrons. The number of nitrogens with zero attached hydrogens (tertiary/aromatic N) is 1. The molecule has 0 aromatic rings. The third kappa shape index (κ3) is 3.50. The van der Waals surface area contributed by atoms with Crippen molar-refractivity contribution in [2.24, 2.45) is 0 Å². The second kappa shape index (κ2) is 6.60. The Labute approximate surface area is 146 Å². The summed E-state index contributed by atoms with van der Waals surface area (Å²) in [6.45, 7) is 1.99. The van der Waals surface area contributed by atoms with E-state index in [0.717, 1.165) is 17.4 Å². The standard InChI is InChI=1S/C16H16F3N3O4/c1-8-5-9(12-13(23)20-15(25)21-14(12)24)6-11(16(17,18)19)22(8)7-10-3-2-4-26-10/h5-6,10H,2-4,7H2,1H3,(H2,20,21,23,24,25)/t10-/m1/s1. The lowest BCUT2D eigenvalue weighted by molar-refractivity contribution is -0.124. The molecule has 26 heavy (non-hydrogen) atoms. The predicted molar refractivity (Wildman–Crippen MR) is 82.3 cm³/mol. The highest BCUT2D eigenvalue weighted by atomic mass is 19.4. The Bertz CT molecular complexity index is 739. The first-order valence-electron chi connectivity index (χ1n) is 7.94. The van der Waals surface area contributed by atoms with E-state index in [1.54, 1.807) is 0 Å². The van der Waals surface area contributed by atoms with Crippen LogP contribution in [0.3, 0.4) is 0 Å². The van der Waals surface area contributed by atoms with Crippen LogP contribution in [-0.2, 0) is 14.3 Å². The van der Waals surface area contributed by atoms with Crippen LogP contribution < -0.4 is 10.6 Å². The molecule has 10 heteroatoms. The minimum absolute atomic E-state index is 0.0210. The number of amides is 4. The van der Waals surface area contributed by atoms with Crippen LogP contribution >= 0.6 is 0 Å². The van der Waals surface area contributed by atoms with Crippen molar-refractivity contribution in [1.29, 1.82) is 0 Å². The number of barbiturate groups is 1. The van der Waals surface area contributed by atoms with E-state index in [0.29, 0.717) is 13.0 Å². The average molecular weight is 371 g/mol. The van der Waals surface area contributed by atoms with Gasteiger partial charge in [-0.2, -0.15) is 13.2 Å². The zero-order valence-electron chi connectivity index (χ0n) is 13.8. The summed E-state index contributed by atoms with van der Waals surface area (Å²) in [6.07, 6.45) is -1.51. The number of hydrogen-bond donors (Lipinski definition) is 2. The van der Waals surface area contributed by atoms with Gasteiger partial charge in [-0.3, -0.25) is 20.2 Å². The highest BCUT2D eigenvalue weighted by Crippen LogP contribution is 2.37. The summed E-state index contributed by atoms with van der Waals surface area (Å²) >= 11 is 0. The molecule has 0 unspecified atom stereocenters. The van der Waals surface area contributed by atoms with Crippen LogP contribution in [0.4, 0.5) is 18.0 Å². The molecule has 3 aliphatic rings. The topological polar surface area (TPSA) is 87.7 Å². The number of imide groups is 2. The number of rotatable bonds is 2. The number of carbonyl (C=O) groups excluding carboxylic acids is 3. The number of allylic oxidation sites excluding steroid dienone is 5. The van der Waals surface area contributed by atoms with Crippen molar-refractivity contribution in [1.82, 2.24) is 15.5 Å². The summed E-state index contributed by atoms with van der Waals surface area (Å²) in [7, 11) is 0. The first-order valence-corrected chi connectivity index (χ1v) is 7.94. The fraction of sp³-hybridized carbons (Fsp3) is 0.438. The van der Waals surface area contributed by atoms with Gasteiger partial charge in [0.25, 0.3) is 11.8 Å². The lowest BCUT2D eigenvalue weighted by Gasteiger charge is -2.34. The molecule has 4 amide bonds. The molecule has 0 spiro atoms. The average Bonchev–Trinajstić information content (AvgIpc) is 3.00. The number of halogens is 3. The number of hydrogen-bond acceptors (Lipinski definition) is 5. The van der Waals surface area contributed by atoms with E-state index in [1.165, 1.54) is 13.0 Å². The van der Waals surface area contributed by atoms with Gasteiger partial charge in [0.05, 0.1) is 6.10 Å². The minimum Gasteiger partial charge on any atom is -0.376 e. The van der Waals surface area contributed by atoms with E-state index in [4.69, 9.17) is 4.74 Å². The Balaban J connectivity index is 2.01. The maximum atomic E-state index is 13.6. The fourth-order valence-corrected chi connectivity index (χ4v) is 3.10. The van der Waals surface area contributed by atoms with Gasteiger partial charge in [-0.05, 0) is 37.5 Å². The molecule has 1 atom stereocenters. The van der Waals surface area contributed by atoms with Gasteiger partial charge in [0.1, 0.15) is 11.3 Å². The maximum Gasteiger partial charge on any atom is 0.431 e. The lowest BCUT2D eigenvalue weighted by Crippen LogP contribution is -2.52. The summed E-state index contributed by atoms with van der Waals surface area (Å²) in [5.74, 6) is -2.08. The van der Waals surface area contributed by atoms with E-state index in [1.807, 2.05) is 10.6 Å². The molecule has 3 heterocycles. The Morgan fingerprint density at radius 2 is 1.85 bits per heavy atom. The SMILES string of the molecule is CC1=CC(=C2C(=O)NC(=O)NC2=O)C=C(C(F)(F)F)N1C[C@H]1CCCO1. The number of alkyl halides is 3. The predicted octanol–water partition coefficient (Wildman–Crippen LogP) is 1.49. The van der Waals surface area contributed by atoms with Crippen LogP contribution in [-0.4, -0.2) is 48.2 Å². The van der Waals surface area contributed by atoms with Crippen molar-refractivity contribution in [3.8, 4) is 0 Å². The van der Waals surface area contributed by atoms with Gasteiger partial charge in [-0.1, -0.05) is 0 Å². The van der Waals surface area contributed by atoms with E-state index in [9.17, 15) is 27.6 Å². The first-order chi connectivity index (χ1) is 12.2. The second-order valence-electron chi connectivity index (χ2n) is 6.13. The molecular formula is C16H16F3N3O4. The van der Waals surface area contributed by atoms with Gasteiger partial charge in [0.2, 0.25) is 0 Å². The number of carbonyl (C=O) groups is 3. The maximum absolute atomic E-state index is 13.6. The molecule has 0 aromatic carbocycles. The normalized spacial score (nSPS) is 24.4. The van der Waals surface area contributed by atoms with Gasteiger partial charge in [0.15, 0.2) is 0 Å². The first kappa shape index (κ1) is 18.2. The smallest absolute Gasteiger partial charge is 0.376 e. The molecule has 7 nitrogen and oxygen atoms in total. The van der Waals surface area contributed by atoms with Crippen molar-refractivity contribution < 1.29 is 32.3 Å². The fourth-order valence-electron chi connectivity index (χ4n) is 3.10. The van der Waals surface area contributed by atoms with Crippen molar-refractivity contribution >= 4 is 17.8 Å². The van der Waals surface area contributed by atoms with Gasteiger partial charge in [0, 0.05) is 18.8 Å². The highest BCUT2D eigenvalue weighted by Gasteiger charge is 2.42. The van der Waals surface area contributed by atoms with Crippen LogP contribution in [0, 0.1) is 0 Å². The lowest BCUT2D eigenvalue weighted by atomic mass is 9.99. The van der Waals surface area contributed by atoms with Gasteiger partial charge in [-0.25, -0.2) is 4.79 Å². The number of ether oxygens (including phenoxy) is 1. The van der Waals surface area contributed by atoms with E-state index >= 15 is 0 Å². The quantitative estimate of drug-likeness (QED) is 0.567. The zero-order valence-corrected chi connectivity index (χ0v) is 13.8. The zero-order chi connectivity index (χ0) is 19.1. The highest BCUT2D eigenvalue weighted by molar-refractivity contribution is 6.29. The minimum atomic E-state index is -4.70. The van der Waals surface area contributed by atoms with Crippen LogP contribution in [0.15, 0.2) is 34.7 Å². The molecular weight excluding hydrogens is 355 g/mol. The molecule has 140 valence electrons. The van der Waals surface area contributed by atoms with E-state index < -0.39 is 35.3 Å². The molecule has 2 saturated heterocycles. The largest absolute Gasteiger partial charge is 0.431 e. The van der Waals surface area contributed by atoms with Crippen LogP contribution in [0.2, 0.25) is 0 Å². The van der Waals surface area contributed by atoms with Crippen molar-refractivity contribution in [2.75, 3.05) is 13.2 Å².